The third kappa shape index (κ3) is 5.56. The molecule has 0 spiro atoms. The Labute approximate surface area is 113 Å². The zero-order chi connectivity index (χ0) is 14.1. The zero-order valence-corrected chi connectivity index (χ0v) is 11.6. The predicted molar refractivity (Wildman–Crippen MR) is 70.7 cm³/mol. The predicted octanol–water partition coefficient (Wildman–Crippen LogP) is 0.372. The van der Waals surface area contributed by atoms with Crippen molar-refractivity contribution >= 4 is 10.0 Å². The number of aliphatic hydroxyl groups is 1. The first kappa shape index (κ1) is 15.9. The molecule has 108 valence electrons. The summed E-state index contributed by atoms with van der Waals surface area (Å²) in [5.74, 6) is 0.589. The van der Waals surface area contributed by atoms with Crippen molar-refractivity contribution in [2.24, 2.45) is 0 Å². The van der Waals surface area contributed by atoms with Crippen molar-refractivity contribution in [2.45, 2.75) is 11.3 Å². The van der Waals surface area contributed by atoms with Crippen molar-refractivity contribution < 1.29 is 23.0 Å². The first-order chi connectivity index (χ1) is 9.10. The van der Waals surface area contributed by atoms with Gasteiger partial charge in [0.05, 0.1) is 11.5 Å². The minimum atomic E-state index is -3.52. The summed E-state index contributed by atoms with van der Waals surface area (Å²) < 4.78 is 36.2. The molecule has 0 aliphatic rings. The van der Waals surface area contributed by atoms with E-state index in [0.717, 1.165) is 0 Å². The smallest absolute Gasteiger partial charge is 0.240 e. The number of methoxy groups -OCH3 is 1. The fraction of sp³-hybridized carbons (Fsp3) is 0.500. The molecule has 6 nitrogen and oxygen atoms in total. The molecule has 2 N–H and O–H groups in total. The molecule has 0 bridgehead atoms. The normalized spacial score (nSPS) is 11.5. The van der Waals surface area contributed by atoms with Gasteiger partial charge >= 0.3 is 0 Å². The van der Waals surface area contributed by atoms with Crippen LogP contribution in [0.25, 0.3) is 0 Å². The monoisotopic (exact) mass is 289 g/mol. The Balaban J connectivity index is 2.59. The maximum Gasteiger partial charge on any atom is 0.240 e. The quantitative estimate of drug-likeness (QED) is 0.642. The number of benzene rings is 1. The van der Waals surface area contributed by atoms with Crippen LogP contribution in [0.4, 0.5) is 0 Å². The van der Waals surface area contributed by atoms with Gasteiger partial charge in [0.15, 0.2) is 0 Å². The minimum Gasteiger partial charge on any atom is -0.491 e. The van der Waals surface area contributed by atoms with Gasteiger partial charge in [0.2, 0.25) is 10.0 Å². The van der Waals surface area contributed by atoms with Gasteiger partial charge in [0.1, 0.15) is 12.4 Å². The van der Waals surface area contributed by atoms with Crippen LogP contribution in [0.5, 0.6) is 5.75 Å². The van der Waals surface area contributed by atoms with Crippen molar-refractivity contribution in [1.29, 1.82) is 0 Å². The molecule has 0 aromatic heterocycles. The summed E-state index contributed by atoms with van der Waals surface area (Å²) in [4.78, 5) is 0.171. The maximum atomic E-state index is 11.8. The van der Waals surface area contributed by atoms with Gasteiger partial charge in [0, 0.05) is 20.3 Å². The second kappa shape index (κ2) is 8.11. The number of nitrogens with one attached hydrogen (secondary N) is 1. The van der Waals surface area contributed by atoms with Crippen LogP contribution in [0.1, 0.15) is 6.42 Å². The number of ether oxygens (including phenoxy) is 2. The summed E-state index contributed by atoms with van der Waals surface area (Å²) in [6.45, 7) is 1.06. The summed E-state index contributed by atoms with van der Waals surface area (Å²) in [5.41, 5.74) is 0. The SMILES string of the molecule is COCCOc1ccc(S(=O)(=O)NCCCO)cc1. The number of aliphatic hydroxyl groups excluding tert-OH is 1. The lowest BCUT2D eigenvalue weighted by molar-refractivity contribution is 0.146. The van der Waals surface area contributed by atoms with E-state index in [1.165, 1.54) is 12.1 Å². The van der Waals surface area contributed by atoms with E-state index in [2.05, 4.69) is 4.72 Å². The number of hydrogen-bond donors (Lipinski definition) is 2. The van der Waals surface area contributed by atoms with Crippen molar-refractivity contribution in [2.75, 3.05) is 33.5 Å². The Kier molecular flexibility index (Phi) is 6.79. The molecule has 1 rings (SSSR count). The van der Waals surface area contributed by atoms with E-state index in [9.17, 15) is 8.42 Å². The molecule has 0 radical (unpaired) electrons. The van der Waals surface area contributed by atoms with Gasteiger partial charge in [-0.05, 0) is 30.7 Å². The molecule has 1 aromatic carbocycles. The highest BCUT2D eigenvalue weighted by Crippen LogP contribution is 2.15. The first-order valence-electron chi connectivity index (χ1n) is 5.92. The molecule has 0 amide bonds. The molecule has 0 unspecified atom stereocenters. The highest BCUT2D eigenvalue weighted by atomic mass is 32.2. The molecule has 0 heterocycles. The summed E-state index contributed by atoms with van der Waals surface area (Å²) in [7, 11) is -1.94. The van der Waals surface area contributed by atoms with Crippen LogP contribution in [0.3, 0.4) is 0 Å². The van der Waals surface area contributed by atoms with Crippen molar-refractivity contribution in [3.63, 3.8) is 0 Å². The number of sulfonamides is 1. The number of rotatable bonds is 9. The summed E-state index contributed by atoms with van der Waals surface area (Å²) in [6.07, 6.45) is 0.386. The molecule has 0 aliphatic carbocycles. The lowest BCUT2D eigenvalue weighted by Gasteiger charge is -2.08. The Bertz CT molecular complexity index is 458. The summed E-state index contributed by atoms with van der Waals surface area (Å²) in [5, 5.41) is 8.61. The highest BCUT2D eigenvalue weighted by molar-refractivity contribution is 7.89. The highest BCUT2D eigenvalue weighted by Gasteiger charge is 2.12. The third-order valence-electron chi connectivity index (χ3n) is 2.32. The Morgan fingerprint density at radius 1 is 1.21 bits per heavy atom. The van der Waals surface area contributed by atoms with E-state index in [-0.39, 0.29) is 18.0 Å². The summed E-state index contributed by atoms with van der Waals surface area (Å²) in [6, 6.07) is 6.14. The van der Waals surface area contributed by atoms with E-state index in [0.29, 0.717) is 25.4 Å². The van der Waals surface area contributed by atoms with Gasteiger partial charge in [-0.1, -0.05) is 0 Å². The fourth-order valence-electron chi connectivity index (χ4n) is 1.33. The second-order valence-electron chi connectivity index (χ2n) is 3.79. The van der Waals surface area contributed by atoms with E-state index < -0.39 is 10.0 Å². The largest absolute Gasteiger partial charge is 0.491 e. The van der Waals surface area contributed by atoms with Crippen LogP contribution in [-0.4, -0.2) is 47.0 Å². The van der Waals surface area contributed by atoms with Crippen LogP contribution in [-0.2, 0) is 14.8 Å². The summed E-state index contributed by atoms with van der Waals surface area (Å²) >= 11 is 0. The first-order valence-corrected chi connectivity index (χ1v) is 7.41. The second-order valence-corrected chi connectivity index (χ2v) is 5.55. The minimum absolute atomic E-state index is 0.0468. The molecular formula is C12H19NO5S. The van der Waals surface area contributed by atoms with Crippen LogP contribution in [0, 0.1) is 0 Å². The van der Waals surface area contributed by atoms with Crippen LogP contribution in [0.15, 0.2) is 29.2 Å². The Morgan fingerprint density at radius 2 is 1.89 bits per heavy atom. The lowest BCUT2D eigenvalue weighted by atomic mass is 10.3. The van der Waals surface area contributed by atoms with E-state index in [1.807, 2.05) is 0 Å². The van der Waals surface area contributed by atoms with Crippen LogP contribution in [0.2, 0.25) is 0 Å². The molecule has 7 heteroatoms. The van der Waals surface area contributed by atoms with Crippen molar-refractivity contribution in [3.05, 3.63) is 24.3 Å². The van der Waals surface area contributed by atoms with E-state index in [1.54, 1.807) is 19.2 Å². The molecule has 0 atom stereocenters. The average Bonchev–Trinajstić information content (AvgIpc) is 2.40. The van der Waals surface area contributed by atoms with Gasteiger partial charge in [-0.15, -0.1) is 0 Å². The van der Waals surface area contributed by atoms with Crippen molar-refractivity contribution in [1.82, 2.24) is 4.72 Å². The van der Waals surface area contributed by atoms with Gasteiger partial charge in [0.25, 0.3) is 0 Å². The average molecular weight is 289 g/mol. The molecule has 0 saturated heterocycles. The fourth-order valence-corrected chi connectivity index (χ4v) is 2.40. The molecule has 1 aromatic rings. The van der Waals surface area contributed by atoms with Gasteiger partial charge in [-0.2, -0.15) is 0 Å². The van der Waals surface area contributed by atoms with Gasteiger partial charge < -0.3 is 14.6 Å². The Morgan fingerprint density at radius 3 is 2.47 bits per heavy atom. The van der Waals surface area contributed by atoms with Crippen LogP contribution >= 0.6 is 0 Å². The third-order valence-corrected chi connectivity index (χ3v) is 3.79. The van der Waals surface area contributed by atoms with E-state index in [4.69, 9.17) is 14.6 Å². The van der Waals surface area contributed by atoms with Crippen molar-refractivity contribution in [3.8, 4) is 5.75 Å². The Hall–Kier alpha value is -1.15. The van der Waals surface area contributed by atoms with E-state index >= 15 is 0 Å². The lowest BCUT2D eigenvalue weighted by Crippen LogP contribution is -2.25. The van der Waals surface area contributed by atoms with Gasteiger partial charge in [-0.3, -0.25) is 0 Å². The molecule has 0 fully saturated rings. The van der Waals surface area contributed by atoms with Gasteiger partial charge in [-0.25, -0.2) is 13.1 Å². The molecule has 0 saturated carbocycles. The zero-order valence-electron chi connectivity index (χ0n) is 10.8. The molecule has 19 heavy (non-hydrogen) atoms. The topological polar surface area (TPSA) is 84.9 Å². The molecular weight excluding hydrogens is 270 g/mol. The van der Waals surface area contributed by atoms with Crippen LogP contribution < -0.4 is 9.46 Å². The standard InChI is InChI=1S/C12H19NO5S/c1-17-9-10-18-11-3-5-12(6-4-11)19(15,16)13-7-2-8-14/h3-6,13-14H,2,7-10H2,1H3. The maximum absolute atomic E-state index is 11.8. The molecule has 0 aliphatic heterocycles. The number of hydrogen-bond acceptors (Lipinski definition) is 5.